The Morgan fingerprint density at radius 2 is 1.74 bits per heavy atom. The Bertz CT molecular complexity index is 1820. The molecule has 5 heterocycles. The fraction of sp³-hybridized carbons (Fsp3) is 0.444. The van der Waals surface area contributed by atoms with Gasteiger partial charge in [-0.15, -0.1) is 0 Å². The summed E-state index contributed by atoms with van der Waals surface area (Å²) in [6.07, 6.45) is 6.52. The molecule has 0 radical (unpaired) electrons. The van der Waals surface area contributed by atoms with Crippen LogP contribution in [0, 0.1) is 0 Å². The van der Waals surface area contributed by atoms with Crippen molar-refractivity contribution in [3.8, 4) is 22.9 Å². The lowest BCUT2D eigenvalue weighted by Gasteiger charge is -2.42. The lowest BCUT2D eigenvalue weighted by Crippen LogP contribution is -2.57. The number of nitrogens with zero attached hydrogens (tertiary/aromatic N) is 5. The first kappa shape index (κ1) is 29.0. The number of phenols is 1. The number of carbonyl (C=O) groups is 2. The Morgan fingerprint density at radius 1 is 0.978 bits per heavy atom. The lowest BCUT2D eigenvalue weighted by atomic mass is 9.95. The van der Waals surface area contributed by atoms with Crippen LogP contribution in [0.2, 0.25) is 0 Å². The molecule has 46 heavy (non-hydrogen) atoms. The molecule has 4 saturated heterocycles. The molecule has 4 aliphatic rings. The van der Waals surface area contributed by atoms with Crippen LogP contribution in [-0.4, -0.2) is 93.6 Å². The molecule has 8 rings (SSSR count). The third kappa shape index (κ3) is 5.08. The number of nitrogens with one attached hydrogen (secondary N) is 1. The minimum atomic E-state index is -0.199. The van der Waals surface area contributed by atoms with E-state index in [9.17, 15) is 14.7 Å². The minimum Gasteiger partial charge on any atom is -0.508 e. The van der Waals surface area contributed by atoms with E-state index in [0.717, 1.165) is 77.4 Å². The van der Waals surface area contributed by atoms with Crippen LogP contribution in [0.15, 0.2) is 54.6 Å². The summed E-state index contributed by atoms with van der Waals surface area (Å²) >= 11 is 0. The van der Waals surface area contributed by atoms with Crippen molar-refractivity contribution in [1.82, 2.24) is 25.1 Å². The van der Waals surface area contributed by atoms with Gasteiger partial charge in [-0.05, 0) is 97.8 Å². The van der Waals surface area contributed by atoms with Gasteiger partial charge in [-0.3, -0.25) is 14.5 Å². The van der Waals surface area contributed by atoms with E-state index in [1.54, 1.807) is 6.07 Å². The Labute approximate surface area is 268 Å². The molecule has 0 saturated carbocycles. The molecule has 0 aliphatic carbocycles. The number of hydrogen-bond acceptors (Lipinski definition) is 8. The lowest BCUT2D eigenvalue weighted by molar-refractivity contribution is -0.135. The standard InChI is InChI=1S/C36H40N6O4/c1-23(43)37-19-33(45)42-26-9-10-27(42)21-40(20-26)34-30-11-8-25(31-18-28(44)16-24-6-2-3-7-29(24)31)17-32(30)38-35(39-34)46-22-36-12-4-14-41(36)15-5-13-36/h2-3,6-8,11,16-18,26-27,44H,4-5,9-10,12-15,19-22H2,1H3,(H,37,43). The van der Waals surface area contributed by atoms with Gasteiger partial charge < -0.3 is 25.0 Å². The highest BCUT2D eigenvalue weighted by Crippen LogP contribution is 2.41. The summed E-state index contributed by atoms with van der Waals surface area (Å²) < 4.78 is 6.52. The maximum absolute atomic E-state index is 13.1. The van der Waals surface area contributed by atoms with E-state index in [2.05, 4.69) is 39.4 Å². The highest BCUT2D eigenvalue weighted by molar-refractivity contribution is 6.01. The smallest absolute Gasteiger partial charge is 0.319 e. The number of benzene rings is 3. The van der Waals surface area contributed by atoms with Gasteiger partial charge in [0.05, 0.1) is 17.6 Å². The van der Waals surface area contributed by atoms with Crippen molar-refractivity contribution in [3.63, 3.8) is 0 Å². The number of carbonyl (C=O) groups excluding carboxylic acids is 2. The molecule has 10 nitrogen and oxygen atoms in total. The molecule has 4 fully saturated rings. The van der Waals surface area contributed by atoms with E-state index in [4.69, 9.17) is 14.7 Å². The maximum Gasteiger partial charge on any atom is 0.319 e. The highest BCUT2D eigenvalue weighted by Gasteiger charge is 2.45. The first-order valence-corrected chi connectivity index (χ1v) is 16.6. The number of anilines is 1. The summed E-state index contributed by atoms with van der Waals surface area (Å²) in [4.78, 5) is 41.4. The van der Waals surface area contributed by atoms with Gasteiger partial charge in [0.25, 0.3) is 0 Å². The van der Waals surface area contributed by atoms with Crippen LogP contribution in [0.5, 0.6) is 11.8 Å². The second-order valence-corrected chi connectivity index (χ2v) is 13.5. The zero-order valence-corrected chi connectivity index (χ0v) is 26.2. The number of hydrogen-bond donors (Lipinski definition) is 2. The average Bonchev–Trinajstić information content (AvgIpc) is 3.72. The quantitative estimate of drug-likeness (QED) is 0.311. The third-order valence-corrected chi connectivity index (χ3v) is 10.7. The number of aromatic hydroxyl groups is 1. The van der Waals surface area contributed by atoms with Crippen molar-refractivity contribution in [2.45, 2.75) is 63.1 Å². The minimum absolute atomic E-state index is 0.0289. The summed E-state index contributed by atoms with van der Waals surface area (Å²) in [5.41, 5.74) is 2.75. The van der Waals surface area contributed by atoms with Crippen molar-refractivity contribution < 1.29 is 19.4 Å². The molecule has 2 bridgehead atoms. The Balaban J connectivity index is 1.16. The molecule has 1 aromatic heterocycles. The summed E-state index contributed by atoms with van der Waals surface area (Å²) in [5, 5.41) is 16.2. The number of fused-ring (bicyclic) bond motifs is 5. The fourth-order valence-corrected chi connectivity index (χ4v) is 8.53. The molecular weight excluding hydrogens is 580 g/mol. The van der Waals surface area contributed by atoms with E-state index in [1.165, 1.54) is 19.8 Å². The molecule has 0 spiro atoms. The van der Waals surface area contributed by atoms with Gasteiger partial charge >= 0.3 is 6.01 Å². The fourth-order valence-electron chi connectivity index (χ4n) is 8.53. The van der Waals surface area contributed by atoms with Crippen LogP contribution < -0.4 is 15.0 Å². The topological polar surface area (TPSA) is 111 Å². The van der Waals surface area contributed by atoms with Gasteiger partial charge in [0.15, 0.2) is 0 Å². The number of piperazine rings is 1. The molecule has 4 aliphatic heterocycles. The zero-order chi connectivity index (χ0) is 31.4. The summed E-state index contributed by atoms with van der Waals surface area (Å²) in [7, 11) is 0. The predicted octanol–water partition coefficient (Wildman–Crippen LogP) is 4.48. The second-order valence-electron chi connectivity index (χ2n) is 13.5. The largest absolute Gasteiger partial charge is 0.508 e. The predicted molar refractivity (Wildman–Crippen MR) is 177 cm³/mol. The van der Waals surface area contributed by atoms with Gasteiger partial charge in [-0.1, -0.05) is 30.3 Å². The Kier molecular flexibility index (Phi) is 7.20. The van der Waals surface area contributed by atoms with Crippen molar-refractivity contribution in [1.29, 1.82) is 0 Å². The monoisotopic (exact) mass is 620 g/mol. The number of phenolic OH excluding ortho intramolecular Hbond substituents is 1. The number of amides is 2. The molecule has 3 aromatic carbocycles. The van der Waals surface area contributed by atoms with Gasteiger partial charge in [-0.25, -0.2) is 0 Å². The zero-order valence-electron chi connectivity index (χ0n) is 26.2. The molecule has 2 unspecified atom stereocenters. The first-order chi connectivity index (χ1) is 22.4. The van der Waals surface area contributed by atoms with Gasteiger partial charge in [0.2, 0.25) is 11.8 Å². The van der Waals surface area contributed by atoms with Crippen LogP contribution in [0.1, 0.15) is 45.4 Å². The molecule has 10 heteroatoms. The van der Waals surface area contributed by atoms with Crippen LogP contribution >= 0.6 is 0 Å². The van der Waals surface area contributed by atoms with Crippen molar-refractivity contribution in [3.05, 3.63) is 54.6 Å². The van der Waals surface area contributed by atoms with Crippen LogP contribution in [0.3, 0.4) is 0 Å². The Morgan fingerprint density at radius 3 is 2.50 bits per heavy atom. The number of ether oxygens (including phenoxy) is 1. The normalized spacial score (nSPS) is 22.0. The van der Waals surface area contributed by atoms with E-state index in [0.29, 0.717) is 25.7 Å². The molecule has 2 N–H and O–H groups in total. The van der Waals surface area contributed by atoms with Crippen LogP contribution in [-0.2, 0) is 9.59 Å². The van der Waals surface area contributed by atoms with Crippen LogP contribution in [0.4, 0.5) is 5.82 Å². The summed E-state index contributed by atoms with van der Waals surface area (Å²) in [5.74, 6) is 0.819. The molecule has 238 valence electrons. The van der Waals surface area contributed by atoms with E-state index in [-0.39, 0.29) is 41.7 Å². The SMILES string of the molecule is CC(=O)NCC(=O)N1C2CCC1CN(c1nc(OCC34CCCN3CCC4)nc3cc(-c4cc(O)cc5ccccc45)ccc13)C2. The highest BCUT2D eigenvalue weighted by atomic mass is 16.5. The number of rotatable bonds is 7. The summed E-state index contributed by atoms with van der Waals surface area (Å²) in [6, 6.07) is 18.4. The Hall–Kier alpha value is -4.44. The number of aromatic nitrogens is 2. The first-order valence-electron chi connectivity index (χ1n) is 16.6. The van der Waals surface area contributed by atoms with E-state index in [1.807, 2.05) is 29.2 Å². The second kappa shape index (κ2) is 11.4. The van der Waals surface area contributed by atoms with Gasteiger partial charge in [0.1, 0.15) is 18.2 Å². The molecule has 2 atom stereocenters. The van der Waals surface area contributed by atoms with Crippen molar-refractivity contribution in [2.24, 2.45) is 0 Å². The van der Waals surface area contributed by atoms with Crippen LogP contribution in [0.25, 0.3) is 32.8 Å². The molecule has 2 amide bonds. The van der Waals surface area contributed by atoms with Crippen molar-refractivity contribution in [2.75, 3.05) is 44.2 Å². The third-order valence-electron chi connectivity index (χ3n) is 10.7. The molecular formula is C36H40N6O4. The van der Waals surface area contributed by atoms with Gasteiger partial charge in [-0.2, -0.15) is 9.97 Å². The average molecular weight is 621 g/mol. The maximum atomic E-state index is 13.1. The van der Waals surface area contributed by atoms with E-state index < -0.39 is 0 Å². The van der Waals surface area contributed by atoms with Crippen molar-refractivity contribution >= 4 is 39.3 Å². The van der Waals surface area contributed by atoms with E-state index >= 15 is 0 Å². The van der Waals surface area contributed by atoms with Gasteiger partial charge in [0, 0.05) is 37.5 Å². The summed E-state index contributed by atoms with van der Waals surface area (Å²) in [6.45, 7) is 5.61. The molecule has 4 aromatic rings.